The van der Waals surface area contributed by atoms with Gasteiger partial charge in [0.1, 0.15) is 7.85 Å². The van der Waals surface area contributed by atoms with Gasteiger partial charge in [-0.3, -0.25) is 0 Å². The van der Waals surface area contributed by atoms with Gasteiger partial charge in [-0.1, -0.05) is 95.0 Å². The van der Waals surface area contributed by atoms with Crippen LogP contribution in [0, 0.1) is 6.92 Å². The van der Waals surface area contributed by atoms with Crippen molar-refractivity contribution in [3.05, 3.63) is 64.7 Å². The van der Waals surface area contributed by atoms with Crippen molar-refractivity contribution >= 4 is 13.3 Å². The molecule has 1 heteroatoms. The molecule has 2 aromatic carbocycles. The fourth-order valence-electron chi connectivity index (χ4n) is 3.90. The van der Waals surface area contributed by atoms with E-state index in [-0.39, 0.29) is 10.8 Å². The molecular weight excluding hydrogens is 275 g/mol. The van der Waals surface area contributed by atoms with Crippen molar-refractivity contribution in [3.8, 4) is 0 Å². The Morgan fingerprint density at radius 2 is 1.30 bits per heavy atom. The average Bonchev–Trinajstić information content (AvgIpc) is 2.47. The van der Waals surface area contributed by atoms with Crippen LogP contribution in [0.15, 0.2) is 42.5 Å². The Bertz CT molecular complexity index is 693. The Kier molecular flexibility index (Phi) is 4.80. The summed E-state index contributed by atoms with van der Waals surface area (Å²) in [5.41, 5.74) is 7.32. The van der Waals surface area contributed by atoms with Crippen LogP contribution < -0.4 is 5.46 Å². The number of hydrogen-bond acceptors (Lipinski definition) is 0. The quantitative estimate of drug-likeness (QED) is 0.722. The van der Waals surface area contributed by atoms with Crippen LogP contribution in [0.2, 0.25) is 0 Å². The zero-order chi connectivity index (χ0) is 17.4. The molecule has 0 spiro atoms. The highest BCUT2D eigenvalue weighted by atomic mass is 14.4. The molecular formula is C22H31B. The van der Waals surface area contributed by atoms with E-state index in [0.717, 1.165) is 0 Å². The Hall–Kier alpha value is -1.50. The molecule has 0 amide bonds. The first-order valence-corrected chi connectivity index (χ1v) is 8.76. The van der Waals surface area contributed by atoms with Gasteiger partial charge in [-0.25, -0.2) is 0 Å². The standard InChI is InChI=1S/C22H31B/c1-15(2)17-12-10-14-19(20(17)23)22(6,7)21(4,5)18-13-9-8-11-16(18)3/h8-15H,23H2,1-7H3. The Balaban J connectivity index is 2.62. The maximum Gasteiger partial charge on any atom is 0.140 e. The third kappa shape index (κ3) is 2.98. The lowest BCUT2D eigenvalue weighted by atomic mass is 9.57. The van der Waals surface area contributed by atoms with Crippen molar-refractivity contribution in [2.75, 3.05) is 0 Å². The largest absolute Gasteiger partial charge is 0.140 e. The van der Waals surface area contributed by atoms with Crippen molar-refractivity contribution in [1.29, 1.82) is 0 Å². The summed E-state index contributed by atoms with van der Waals surface area (Å²) in [4.78, 5) is 0. The lowest BCUT2D eigenvalue weighted by molar-refractivity contribution is 0.303. The van der Waals surface area contributed by atoms with Crippen LogP contribution in [-0.2, 0) is 10.8 Å². The molecule has 0 unspecified atom stereocenters. The number of benzene rings is 2. The summed E-state index contributed by atoms with van der Waals surface area (Å²) in [6.45, 7) is 16.4. The summed E-state index contributed by atoms with van der Waals surface area (Å²) < 4.78 is 0. The summed E-state index contributed by atoms with van der Waals surface area (Å²) in [5.74, 6) is 0.562. The molecule has 0 aliphatic heterocycles. The van der Waals surface area contributed by atoms with E-state index in [1.54, 1.807) is 0 Å². The normalized spacial score (nSPS) is 12.7. The zero-order valence-corrected chi connectivity index (χ0v) is 16.1. The van der Waals surface area contributed by atoms with E-state index in [0.29, 0.717) is 5.92 Å². The van der Waals surface area contributed by atoms with Gasteiger partial charge in [0.25, 0.3) is 0 Å². The Labute approximate surface area is 143 Å². The number of rotatable bonds is 4. The van der Waals surface area contributed by atoms with E-state index in [1.807, 2.05) is 0 Å². The minimum atomic E-state index is 0.0497. The molecule has 23 heavy (non-hydrogen) atoms. The summed E-state index contributed by atoms with van der Waals surface area (Å²) in [6.07, 6.45) is 0. The molecule has 0 atom stereocenters. The number of aryl methyl sites for hydroxylation is 1. The molecule has 2 aromatic rings. The Morgan fingerprint density at radius 1 is 0.783 bits per heavy atom. The fraction of sp³-hybridized carbons (Fsp3) is 0.455. The lowest BCUT2D eigenvalue weighted by Gasteiger charge is -2.45. The van der Waals surface area contributed by atoms with Gasteiger partial charge in [0.2, 0.25) is 0 Å². The third-order valence-corrected chi connectivity index (χ3v) is 6.05. The molecule has 0 bridgehead atoms. The van der Waals surface area contributed by atoms with Crippen molar-refractivity contribution in [3.63, 3.8) is 0 Å². The highest BCUT2D eigenvalue weighted by molar-refractivity contribution is 6.34. The van der Waals surface area contributed by atoms with Gasteiger partial charge in [-0.15, -0.1) is 0 Å². The second-order valence-electron chi connectivity index (χ2n) is 8.24. The van der Waals surface area contributed by atoms with Gasteiger partial charge < -0.3 is 0 Å². The molecule has 0 aliphatic carbocycles. The molecule has 0 heterocycles. The topological polar surface area (TPSA) is 0 Å². The molecule has 0 nitrogen and oxygen atoms in total. The highest BCUT2D eigenvalue weighted by Crippen LogP contribution is 2.44. The van der Waals surface area contributed by atoms with E-state index in [9.17, 15) is 0 Å². The third-order valence-electron chi connectivity index (χ3n) is 6.05. The summed E-state index contributed by atoms with van der Waals surface area (Å²) >= 11 is 0. The molecule has 0 saturated heterocycles. The van der Waals surface area contributed by atoms with E-state index >= 15 is 0 Å². The van der Waals surface area contributed by atoms with Crippen molar-refractivity contribution in [2.45, 2.75) is 65.2 Å². The van der Waals surface area contributed by atoms with Crippen LogP contribution in [0.1, 0.15) is 69.7 Å². The first-order chi connectivity index (χ1) is 10.6. The van der Waals surface area contributed by atoms with E-state index in [4.69, 9.17) is 0 Å². The molecule has 0 aromatic heterocycles. The molecule has 0 saturated carbocycles. The highest BCUT2D eigenvalue weighted by Gasteiger charge is 2.41. The van der Waals surface area contributed by atoms with Gasteiger partial charge in [0, 0.05) is 0 Å². The lowest BCUT2D eigenvalue weighted by Crippen LogP contribution is -2.44. The van der Waals surface area contributed by atoms with Crippen molar-refractivity contribution in [1.82, 2.24) is 0 Å². The first-order valence-electron chi connectivity index (χ1n) is 8.76. The second kappa shape index (κ2) is 6.19. The van der Waals surface area contributed by atoms with Crippen LogP contribution in [0.3, 0.4) is 0 Å². The summed E-state index contributed by atoms with van der Waals surface area (Å²) in [5, 5.41) is 0. The maximum atomic E-state index is 2.39. The molecule has 122 valence electrons. The fourth-order valence-corrected chi connectivity index (χ4v) is 3.90. The molecule has 0 fully saturated rings. The van der Waals surface area contributed by atoms with Gasteiger partial charge in [0.05, 0.1) is 0 Å². The van der Waals surface area contributed by atoms with Gasteiger partial charge >= 0.3 is 0 Å². The Morgan fingerprint density at radius 3 is 1.87 bits per heavy atom. The zero-order valence-electron chi connectivity index (χ0n) is 16.1. The minimum Gasteiger partial charge on any atom is -0.0819 e. The smallest absolute Gasteiger partial charge is 0.0819 e. The van der Waals surface area contributed by atoms with E-state index in [1.165, 1.54) is 27.7 Å². The molecule has 2 rings (SSSR count). The summed E-state index contributed by atoms with van der Waals surface area (Å²) in [7, 11) is 2.29. The van der Waals surface area contributed by atoms with E-state index in [2.05, 4.69) is 98.8 Å². The molecule has 0 radical (unpaired) electrons. The maximum absolute atomic E-state index is 2.39. The average molecular weight is 306 g/mol. The van der Waals surface area contributed by atoms with Crippen LogP contribution in [0.4, 0.5) is 0 Å². The van der Waals surface area contributed by atoms with Gasteiger partial charge in [-0.05, 0) is 40.4 Å². The first kappa shape index (κ1) is 17.9. The second-order valence-corrected chi connectivity index (χ2v) is 8.24. The molecule has 0 aliphatic rings. The van der Waals surface area contributed by atoms with Crippen LogP contribution >= 0.6 is 0 Å². The van der Waals surface area contributed by atoms with Crippen LogP contribution in [-0.4, -0.2) is 7.85 Å². The van der Waals surface area contributed by atoms with Crippen molar-refractivity contribution in [2.24, 2.45) is 0 Å². The predicted molar refractivity (Wildman–Crippen MR) is 106 cm³/mol. The van der Waals surface area contributed by atoms with Gasteiger partial charge in [-0.2, -0.15) is 0 Å². The monoisotopic (exact) mass is 306 g/mol. The van der Waals surface area contributed by atoms with Crippen LogP contribution in [0.5, 0.6) is 0 Å². The minimum absolute atomic E-state index is 0.0497. The predicted octanol–water partition coefficient (Wildman–Crippen LogP) is 4.63. The van der Waals surface area contributed by atoms with Gasteiger partial charge in [0.15, 0.2) is 0 Å². The van der Waals surface area contributed by atoms with Crippen LogP contribution in [0.25, 0.3) is 0 Å². The molecule has 0 N–H and O–H groups in total. The van der Waals surface area contributed by atoms with E-state index < -0.39 is 0 Å². The number of hydrogen-bond donors (Lipinski definition) is 0. The van der Waals surface area contributed by atoms with Crippen molar-refractivity contribution < 1.29 is 0 Å². The SMILES string of the molecule is Bc1c(C(C)C)cccc1C(C)(C)C(C)(C)c1ccccc1C. The summed E-state index contributed by atoms with van der Waals surface area (Å²) in [6, 6.07) is 15.6.